The van der Waals surface area contributed by atoms with Crippen molar-refractivity contribution in [2.75, 3.05) is 6.61 Å². The Balaban J connectivity index is 1.49. The van der Waals surface area contributed by atoms with E-state index in [1.54, 1.807) is 0 Å². The number of para-hydroxylation sites is 1. The van der Waals surface area contributed by atoms with Crippen LogP contribution in [-0.4, -0.2) is 12.6 Å². The summed E-state index contributed by atoms with van der Waals surface area (Å²) < 4.78 is 5.76. The molecule has 2 aromatic carbocycles. The Kier molecular flexibility index (Phi) is 2.96. The third kappa shape index (κ3) is 2.10. The summed E-state index contributed by atoms with van der Waals surface area (Å²) in [6.45, 7) is 0.761. The smallest absolute Gasteiger partial charge is 0.124 e. The molecule has 2 atom stereocenters. The molecule has 0 aromatic heterocycles. The standard InChI is InChI=1S/C18H19NO/c1-2-6-14-11-15(10-9-13(14)5-1)19-17-12-20-18-8-4-3-7-16(17)18/h1-8,15,17,19H,9-12H2. The van der Waals surface area contributed by atoms with Crippen LogP contribution in [0.1, 0.15) is 29.2 Å². The molecular weight excluding hydrogens is 246 g/mol. The summed E-state index contributed by atoms with van der Waals surface area (Å²) in [5, 5.41) is 3.79. The van der Waals surface area contributed by atoms with Crippen molar-refractivity contribution in [2.45, 2.75) is 31.3 Å². The van der Waals surface area contributed by atoms with E-state index in [1.165, 1.54) is 29.5 Å². The molecule has 2 aromatic rings. The first kappa shape index (κ1) is 12.0. The maximum absolute atomic E-state index is 5.76. The molecule has 2 unspecified atom stereocenters. The lowest BCUT2D eigenvalue weighted by Gasteiger charge is -2.28. The van der Waals surface area contributed by atoms with Crippen molar-refractivity contribution < 1.29 is 4.74 Å². The molecule has 0 bridgehead atoms. The van der Waals surface area contributed by atoms with Gasteiger partial charge in [-0.2, -0.15) is 0 Å². The fourth-order valence-corrected chi connectivity index (χ4v) is 3.43. The van der Waals surface area contributed by atoms with Gasteiger partial charge in [-0.1, -0.05) is 42.5 Å². The Morgan fingerprint density at radius 1 is 0.950 bits per heavy atom. The number of nitrogens with one attached hydrogen (secondary N) is 1. The van der Waals surface area contributed by atoms with Crippen molar-refractivity contribution in [1.82, 2.24) is 5.32 Å². The van der Waals surface area contributed by atoms with Gasteiger partial charge in [0.05, 0.1) is 6.04 Å². The van der Waals surface area contributed by atoms with Gasteiger partial charge in [-0.15, -0.1) is 0 Å². The van der Waals surface area contributed by atoms with Gasteiger partial charge >= 0.3 is 0 Å². The summed E-state index contributed by atoms with van der Waals surface area (Å²) in [4.78, 5) is 0. The molecule has 2 aliphatic rings. The van der Waals surface area contributed by atoms with Crippen molar-refractivity contribution in [1.29, 1.82) is 0 Å². The normalized spacial score (nSPS) is 23.8. The Bertz CT molecular complexity index is 622. The van der Waals surface area contributed by atoms with Crippen LogP contribution >= 0.6 is 0 Å². The topological polar surface area (TPSA) is 21.3 Å². The molecule has 2 heteroatoms. The van der Waals surface area contributed by atoms with Gasteiger partial charge < -0.3 is 10.1 Å². The van der Waals surface area contributed by atoms with Crippen molar-refractivity contribution in [2.24, 2.45) is 0 Å². The number of hydrogen-bond donors (Lipinski definition) is 1. The lowest BCUT2D eigenvalue weighted by Crippen LogP contribution is -2.37. The minimum absolute atomic E-state index is 0.349. The molecule has 1 aliphatic carbocycles. The first-order chi connectivity index (χ1) is 9.90. The molecule has 0 saturated heterocycles. The van der Waals surface area contributed by atoms with Crippen LogP contribution in [0.25, 0.3) is 0 Å². The summed E-state index contributed by atoms with van der Waals surface area (Å²) in [5.74, 6) is 1.04. The van der Waals surface area contributed by atoms with Gasteiger partial charge in [0.25, 0.3) is 0 Å². The van der Waals surface area contributed by atoms with E-state index in [-0.39, 0.29) is 0 Å². The third-order valence-electron chi connectivity index (χ3n) is 4.48. The van der Waals surface area contributed by atoms with Crippen molar-refractivity contribution in [3.63, 3.8) is 0 Å². The van der Waals surface area contributed by atoms with Crippen LogP contribution in [-0.2, 0) is 12.8 Å². The largest absolute Gasteiger partial charge is 0.491 e. The second-order valence-corrected chi connectivity index (χ2v) is 5.78. The molecule has 2 nitrogen and oxygen atoms in total. The highest BCUT2D eigenvalue weighted by molar-refractivity contribution is 5.39. The van der Waals surface area contributed by atoms with E-state index in [2.05, 4.69) is 47.8 Å². The van der Waals surface area contributed by atoms with E-state index in [1.807, 2.05) is 6.07 Å². The third-order valence-corrected chi connectivity index (χ3v) is 4.48. The molecule has 102 valence electrons. The van der Waals surface area contributed by atoms with Gasteiger partial charge in [0.15, 0.2) is 0 Å². The summed E-state index contributed by atoms with van der Waals surface area (Å²) in [7, 11) is 0. The quantitative estimate of drug-likeness (QED) is 0.900. The summed E-state index contributed by atoms with van der Waals surface area (Å²) in [6.07, 6.45) is 3.54. The van der Waals surface area contributed by atoms with E-state index in [0.717, 1.165) is 18.8 Å². The molecule has 20 heavy (non-hydrogen) atoms. The van der Waals surface area contributed by atoms with Crippen molar-refractivity contribution in [3.05, 3.63) is 65.2 Å². The molecule has 0 radical (unpaired) electrons. The predicted molar refractivity (Wildman–Crippen MR) is 80.1 cm³/mol. The lowest BCUT2D eigenvalue weighted by molar-refractivity contribution is 0.290. The lowest BCUT2D eigenvalue weighted by atomic mass is 9.88. The van der Waals surface area contributed by atoms with Gasteiger partial charge in [0, 0.05) is 11.6 Å². The molecular formula is C18H19NO. The van der Waals surface area contributed by atoms with Crippen molar-refractivity contribution in [3.8, 4) is 5.75 Å². The maximum Gasteiger partial charge on any atom is 0.124 e. The van der Waals surface area contributed by atoms with Gasteiger partial charge in [-0.05, 0) is 36.5 Å². The zero-order chi connectivity index (χ0) is 13.4. The monoisotopic (exact) mass is 265 g/mol. The summed E-state index contributed by atoms with van der Waals surface area (Å²) >= 11 is 0. The molecule has 0 fully saturated rings. The highest BCUT2D eigenvalue weighted by atomic mass is 16.5. The Morgan fingerprint density at radius 2 is 1.75 bits per heavy atom. The molecule has 0 amide bonds. The maximum atomic E-state index is 5.76. The number of ether oxygens (including phenoxy) is 1. The first-order valence-electron chi connectivity index (χ1n) is 7.45. The van der Waals surface area contributed by atoms with E-state index in [0.29, 0.717) is 12.1 Å². The number of aryl methyl sites for hydroxylation is 1. The van der Waals surface area contributed by atoms with Crippen LogP contribution in [0, 0.1) is 0 Å². The minimum Gasteiger partial charge on any atom is -0.491 e. The molecule has 0 saturated carbocycles. The summed E-state index contributed by atoms with van der Waals surface area (Å²) in [6, 6.07) is 18.1. The zero-order valence-corrected chi connectivity index (χ0v) is 11.5. The highest BCUT2D eigenvalue weighted by Crippen LogP contribution is 2.33. The van der Waals surface area contributed by atoms with Crippen LogP contribution in [0.3, 0.4) is 0 Å². The predicted octanol–water partition coefficient (Wildman–Crippen LogP) is 3.27. The zero-order valence-electron chi connectivity index (χ0n) is 11.5. The number of fused-ring (bicyclic) bond motifs is 2. The van der Waals surface area contributed by atoms with E-state index >= 15 is 0 Å². The van der Waals surface area contributed by atoms with Crippen LogP contribution in [0.2, 0.25) is 0 Å². The van der Waals surface area contributed by atoms with Gasteiger partial charge in [0.2, 0.25) is 0 Å². The highest BCUT2D eigenvalue weighted by Gasteiger charge is 2.27. The number of benzene rings is 2. The Morgan fingerprint density at radius 3 is 2.70 bits per heavy atom. The van der Waals surface area contributed by atoms with Gasteiger partial charge in [0.1, 0.15) is 12.4 Å². The molecule has 1 heterocycles. The van der Waals surface area contributed by atoms with E-state index in [4.69, 9.17) is 4.74 Å². The van der Waals surface area contributed by atoms with Gasteiger partial charge in [-0.3, -0.25) is 0 Å². The van der Waals surface area contributed by atoms with E-state index in [9.17, 15) is 0 Å². The second-order valence-electron chi connectivity index (χ2n) is 5.78. The average Bonchev–Trinajstić information content (AvgIpc) is 2.91. The SMILES string of the molecule is c1ccc2c(c1)CCC(NC1COc3ccccc31)C2. The number of hydrogen-bond acceptors (Lipinski definition) is 2. The average molecular weight is 265 g/mol. The molecule has 0 spiro atoms. The van der Waals surface area contributed by atoms with Crippen LogP contribution in [0.4, 0.5) is 0 Å². The Labute approximate surface area is 119 Å². The summed E-state index contributed by atoms with van der Waals surface area (Å²) in [5.41, 5.74) is 4.34. The second kappa shape index (κ2) is 4.95. The van der Waals surface area contributed by atoms with E-state index < -0.39 is 0 Å². The van der Waals surface area contributed by atoms with Crippen LogP contribution in [0.5, 0.6) is 5.75 Å². The minimum atomic E-state index is 0.349. The van der Waals surface area contributed by atoms with Crippen LogP contribution < -0.4 is 10.1 Å². The van der Waals surface area contributed by atoms with Crippen molar-refractivity contribution >= 4 is 0 Å². The fraction of sp³-hybridized carbons (Fsp3) is 0.333. The first-order valence-corrected chi connectivity index (χ1v) is 7.45. The molecule has 1 aliphatic heterocycles. The fourth-order valence-electron chi connectivity index (χ4n) is 3.43. The molecule has 1 N–H and O–H groups in total. The van der Waals surface area contributed by atoms with Crippen LogP contribution in [0.15, 0.2) is 48.5 Å². The number of rotatable bonds is 2. The Hall–Kier alpha value is -1.80. The van der Waals surface area contributed by atoms with Gasteiger partial charge in [-0.25, -0.2) is 0 Å². The molecule has 4 rings (SSSR count).